The lowest BCUT2D eigenvalue weighted by atomic mass is 10.0. The molecule has 0 bridgehead atoms. The van der Waals surface area contributed by atoms with Crippen LogP contribution < -0.4 is 11.2 Å². The van der Waals surface area contributed by atoms with Crippen molar-refractivity contribution in [1.82, 2.24) is 18.7 Å². The second-order valence-corrected chi connectivity index (χ2v) is 7.29. The van der Waals surface area contributed by atoms with Crippen molar-refractivity contribution in [1.29, 1.82) is 0 Å². The topological polar surface area (TPSA) is 82.0 Å². The van der Waals surface area contributed by atoms with E-state index < -0.39 is 22.9 Å². The van der Waals surface area contributed by atoms with Crippen LogP contribution in [0.1, 0.15) is 25.1 Å². The normalized spacial score (nSPS) is 15.7. The Labute approximate surface area is 175 Å². The van der Waals surface area contributed by atoms with Crippen molar-refractivity contribution in [3.05, 3.63) is 79.7 Å². The first kappa shape index (κ1) is 20.8. The van der Waals surface area contributed by atoms with Crippen LogP contribution in [0.15, 0.2) is 62.6 Å². The molecular weight excluding hydrogens is 406 g/mol. The number of hydrogen-bond acceptors (Lipinski definition) is 4. The Balaban J connectivity index is 2.04. The molecule has 0 aliphatic heterocycles. The Bertz CT molecular complexity index is 1390. The average Bonchev–Trinajstić information content (AvgIpc) is 3.13. The summed E-state index contributed by atoms with van der Waals surface area (Å²) < 4.78 is 31.8. The molecule has 9 heteroatoms. The van der Waals surface area contributed by atoms with Crippen molar-refractivity contribution in [3.63, 3.8) is 0 Å². The summed E-state index contributed by atoms with van der Waals surface area (Å²) in [5.74, 6) is -0.788. The smallest absolute Gasteiger partial charge is 0.332 e. The summed E-state index contributed by atoms with van der Waals surface area (Å²) in [5.41, 5.74) is 5.01. The summed E-state index contributed by atoms with van der Waals surface area (Å²) in [5, 5.41) is 9.13. The third kappa shape index (κ3) is 3.70. The Kier molecular flexibility index (Phi) is 5.57. The van der Waals surface area contributed by atoms with Crippen LogP contribution in [-0.4, -0.2) is 30.4 Å². The lowest BCUT2D eigenvalue weighted by Crippen LogP contribution is -2.40. The van der Waals surface area contributed by atoms with Gasteiger partial charge in [0.15, 0.2) is 17.0 Å². The average molecular weight is 426 g/mol. The molecule has 0 saturated heterocycles. The molecule has 4 rings (SSSR count). The van der Waals surface area contributed by atoms with Gasteiger partial charge in [0.2, 0.25) is 0 Å². The summed E-state index contributed by atoms with van der Waals surface area (Å²) in [4.78, 5) is 30.4. The number of rotatable bonds is 6. The molecule has 0 fully saturated rings. The highest BCUT2D eigenvalue weighted by atomic mass is 19.1. The summed E-state index contributed by atoms with van der Waals surface area (Å²) in [6.45, 7) is -0.0752. The van der Waals surface area contributed by atoms with Gasteiger partial charge in [-0.2, -0.15) is 4.39 Å². The van der Waals surface area contributed by atoms with Gasteiger partial charge >= 0.3 is 5.69 Å². The van der Waals surface area contributed by atoms with Crippen LogP contribution in [0.3, 0.4) is 0 Å². The van der Waals surface area contributed by atoms with Gasteiger partial charge in [0, 0.05) is 31.3 Å². The maximum absolute atomic E-state index is 14.7. The fraction of sp³-hybridized carbons (Fsp3) is 0.318. The third-order valence-electron chi connectivity index (χ3n) is 5.26. The van der Waals surface area contributed by atoms with Gasteiger partial charge in [-0.1, -0.05) is 11.8 Å². The Morgan fingerprint density at radius 1 is 1.16 bits per heavy atom. The number of aromatic nitrogens is 4. The summed E-state index contributed by atoms with van der Waals surface area (Å²) in [6, 6.07) is 0. The molecular formula is C22H20F2N4O3. The largest absolute Gasteiger partial charge is 0.396 e. The molecule has 0 saturated carbocycles. The number of imidazole rings is 1. The first-order valence-corrected chi connectivity index (χ1v) is 9.87. The van der Waals surface area contributed by atoms with E-state index in [1.165, 1.54) is 34.4 Å². The van der Waals surface area contributed by atoms with Crippen molar-refractivity contribution in [2.45, 2.75) is 32.4 Å². The fourth-order valence-corrected chi connectivity index (χ4v) is 3.69. The van der Waals surface area contributed by atoms with Crippen LogP contribution in [0.5, 0.6) is 0 Å². The predicted molar refractivity (Wildman–Crippen MR) is 112 cm³/mol. The first-order chi connectivity index (χ1) is 14.9. The molecule has 160 valence electrons. The van der Waals surface area contributed by atoms with E-state index in [9.17, 15) is 18.4 Å². The quantitative estimate of drug-likeness (QED) is 0.720. The minimum Gasteiger partial charge on any atom is -0.396 e. The maximum Gasteiger partial charge on any atom is 0.332 e. The Morgan fingerprint density at radius 2 is 1.97 bits per heavy atom. The van der Waals surface area contributed by atoms with E-state index in [1.54, 1.807) is 6.08 Å². The number of aliphatic hydroxyl groups excluding tert-OH is 1. The zero-order valence-corrected chi connectivity index (χ0v) is 16.9. The van der Waals surface area contributed by atoms with Gasteiger partial charge in [-0.3, -0.25) is 13.9 Å². The molecule has 7 nitrogen and oxygen atoms in total. The van der Waals surface area contributed by atoms with Crippen molar-refractivity contribution in [2.24, 2.45) is 7.05 Å². The molecule has 0 atom stereocenters. The summed E-state index contributed by atoms with van der Waals surface area (Å²) >= 11 is 0. The number of aliphatic hydroxyl groups is 1. The van der Waals surface area contributed by atoms with Gasteiger partial charge in [-0.15, -0.1) is 0 Å². The molecule has 2 aliphatic rings. The summed E-state index contributed by atoms with van der Waals surface area (Å²) in [7, 11) is 1.49. The summed E-state index contributed by atoms with van der Waals surface area (Å²) in [6.07, 6.45) is 7.03. The monoisotopic (exact) mass is 426 g/mol. The second-order valence-electron chi connectivity index (χ2n) is 7.29. The highest BCUT2D eigenvalue weighted by Gasteiger charge is 2.24. The molecule has 2 aliphatic carbocycles. The maximum atomic E-state index is 14.7. The fourth-order valence-electron chi connectivity index (χ4n) is 3.69. The first-order valence-electron chi connectivity index (χ1n) is 9.87. The molecule has 0 aromatic carbocycles. The zero-order valence-electron chi connectivity index (χ0n) is 16.9. The molecule has 1 N–H and O–H groups in total. The van der Waals surface area contributed by atoms with E-state index in [0.29, 0.717) is 24.0 Å². The molecule has 2 aromatic heterocycles. The van der Waals surface area contributed by atoms with Crippen molar-refractivity contribution >= 4 is 16.7 Å². The zero-order chi connectivity index (χ0) is 22.1. The molecule has 0 amide bonds. The number of hydrogen-bond donors (Lipinski definition) is 1. The van der Waals surface area contributed by atoms with Crippen molar-refractivity contribution in [2.75, 3.05) is 6.61 Å². The minimum absolute atomic E-state index is 0.0364. The number of nitrogens with zero attached hydrogens (tertiary/aromatic N) is 4. The Hall–Kier alpha value is -3.51. The highest BCUT2D eigenvalue weighted by Crippen LogP contribution is 2.31. The molecule has 0 spiro atoms. The third-order valence-corrected chi connectivity index (χ3v) is 5.26. The van der Waals surface area contributed by atoms with Crippen LogP contribution in [0.2, 0.25) is 0 Å². The number of aryl methyl sites for hydroxylation is 1. The molecule has 0 unspecified atom stereocenters. The SMILES string of the molecule is Cn1c(=O)n(CCCO)c(=O)c2c1nc(C1=C(F)C=CCC1)n2CC1=C=C=C(F)C=C1. The van der Waals surface area contributed by atoms with Crippen LogP contribution >= 0.6 is 0 Å². The van der Waals surface area contributed by atoms with Gasteiger partial charge in [-0.05, 0) is 43.2 Å². The van der Waals surface area contributed by atoms with Gasteiger partial charge < -0.3 is 9.67 Å². The van der Waals surface area contributed by atoms with Crippen LogP contribution in [0.25, 0.3) is 16.7 Å². The van der Waals surface area contributed by atoms with Gasteiger partial charge in [-0.25, -0.2) is 14.2 Å². The van der Waals surface area contributed by atoms with Crippen LogP contribution in [-0.2, 0) is 20.1 Å². The van der Waals surface area contributed by atoms with E-state index in [1.807, 2.05) is 0 Å². The van der Waals surface area contributed by atoms with E-state index in [-0.39, 0.29) is 43.1 Å². The highest BCUT2D eigenvalue weighted by molar-refractivity contribution is 5.78. The second kappa shape index (κ2) is 8.32. The predicted octanol–water partition coefficient (Wildman–Crippen LogP) is 2.41. The molecule has 31 heavy (non-hydrogen) atoms. The van der Waals surface area contributed by atoms with E-state index in [2.05, 4.69) is 16.4 Å². The van der Waals surface area contributed by atoms with Gasteiger partial charge in [0.05, 0.1) is 6.54 Å². The number of halogens is 2. The Morgan fingerprint density at radius 3 is 2.65 bits per heavy atom. The molecule has 2 heterocycles. The van der Waals surface area contributed by atoms with Crippen LogP contribution in [0, 0.1) is 0 Å². The standard InChI is InChI=1S/C22H20F2N4O3/c1-26-20-18(21(30)27(22(26)31)11-4-12-29)28(13-14-7-9-15(23)10-8-14)19(25-20)16-5-2-3-6-17(16)24/h3,6-7,9,29H,2,4-5,11-13H2,1H3. The number of fused-ring (bicyclic) bond motifs is 1. The van der Waals surface area contributed by atoms with Gasteiger partial charge in [0.1, 0.15) is 11.7 Å². The van der Waals surface area contributed by atoms with E-state index in [0.717, 1.165) is 4.57 Å². The van der Waals surface area contributed by atoms with Crippen LogP contribution in [0.4, 0.5) is 8.78 Å². The van der Waals surface area contributed by atoms with Crippen molar-refractivity contribution < 1.29 is 13.9 Å². The lowest BCUT2D eigenvalue weighted by Gasteiger charge is -2.14. The van der Waals surface area contributed by atoms with E-state index in [4.69, 9.17) is 5.11 Å². The van der Waals surface area contributed by atoms with Crippen molar-refractivity contribution in [3.8, 4) is 0 Å². The number of allylic oxidation sites excluding steroid dienone is 8. The molecule has 2 aromatic rings. The minimum atomic E-state index is -0.580. The molecule has 0 radical (unpaired) electrons. The van der Waals surface area contributed by atoms with E-state index >= 15 is 0 Å². The lowest BCUT2D eigenvalue weighted by molar-refractivity contribution is 0.277. The van der Waals surface area contributed by atoms with Gasteiger partial charge in [0.25, 0.3) is 5.56 Å².